The molecular formula is C12H9F6N3. The molecule has 1 aromatic heterocycles. The average molecular weight is 309 g/mol. The molecule has 2 rings (SSSR count). The Morgan fingerprint density at radius 3 is 2.05 bits per heavy atom. The summed E-state index contributed by atoms with van der Waals surface area (Å²) in [5.74, 6) is -3.03. The van der Waals surface area contributed by atoms with Crippen molar-refractivity contribution in [2.75, 3.05) is 11.5 Å². The van der Waals surface area contributed by atoms with E-state index in [9.17, 15) is 26.3 Å². The summed E-state index contributed by atoms with van der Waals surface area (Å²) in [5.41, 5.74) is 8.59. The van der Waals surface area contributed by atoms with Crippen LogP contribution in [0.3, 0.4) is 0 Å². The molecule has 0 spiro atoms. The van der Waals surface area contributed by atoms with Crippen LogP contribution in [0.4, 0.5) is 37.7 Å². The van der Waals surface area contributed by atoms with Crippen molar-refractivity contribution in [3.05, 3.63) is 53.6 Å². The highest BCUT2D eigenvalue weighted by atomic mass is 19.4. The maximum atomic E-state index is 12.4. The fraction of sp³-hybridized carbons (Fsp3) is 0.0833. The third-order valence-corrected chi connectivity index (χ3v) is 2.19. The van der Waals surface area contributed by atoms with Gasteiger partial charge in [-0.2, -0.15) is 17.6 Å². The van der Waals surface area contributed by atoms with Gasteiger partial charge in [0.2, 0.25) is 5.95 Å². The molecular weight excluding hydrogens is 300 g/mol. The molecule has 9 heteroatoms. The van der Waals surface area contributed by atoms with Gasteiger partial charge in [-0.15, -0.1) is 0 Å². The number of benzene rings is 1. The van der Waals surface area contributed by atoms with Crippen LogP contribution in [0.5, 0.6) is 0 Å². The molecule has 0 atom stereocenters. The van der Waals surface area contributed by atoms with E-state index in [1.807, 2.05) is 0 Å². The zero-order chi connectivity index (χ0) is 16.2. The number of nitrogen functional groups attached to an aromatic ring is 2. The maximum absolute atomic E-state index is 12.4. The molecule has 1 heterocycles. The second-order valence-corrected chi connectivity index (χ2v) is 3.73. The number of alkyl halides is 3. The second-order valence-electron chi connectivity index (χ2n) is 3.73. The number of rotatable bonds is 0. The van der Waals surface area contributed by atoms with Crippen molar-refractivity contribution in [3.63, 3.8) is 0 Å². The number of hydrogen-bond acceptors (Lipinski definition) is 3. The lowest BCUT2D eigenvalue weighted by molar-refractivity contribution is -0.140. The molecule has 1 aromatic carbocycles. The van der Waals surface area contributed by atoms with Gasteiger partial charge in [0.25, 0.3) is 0 Å². The molecule has 3 nitrogen and oxygen atoms in total. The van der Waals surface area contributed by atoms with Crippen LogP contribution >= 0.6 is 0 Å². The van der Waals surface area contributed by atoms with Crippen molar-refractivity contribution in [1.29, 1.82) is 0 Å². The number of nitrogens with zero attached hydrogens (tertiary/aromatic N) is 1. The van der Waals surface area contributed by atoms with Crippen LogP contribution in [-0.2, 0) is 6.18 Å². The first kappa shape index (κ1) is 16.6. The smallest absolute Gasteiger partial charge is 0.397 e. The Morgan fingerprint density at radius 2 is 1.62 bits per heavy atom. The zero-order valence-corrected chi connectivity index (χ0v) is 10.3. The number of hydrogen-bond donors (Lipinski definition) is 2. The van der Waals surface area contributed by atoms with Crippen molar-refractivity contribution in [2.24, 2.45) is 0 Å². The van der Waals surface area contributed by atoms with Crippen LogP contribution in [-0.4, -0.2) is 4.98 Å². The van der Waals surface area contributed by atoms with E-state index in [-0.39, 0.29) is 11.4 Å². The van der Waals surface area contributed by atoms with Gasteiger partial charge >= 0.3 is 6.18 Å². The molecule has 0 aliphatic carbocycles. The summed E-state index contributed by atoms with van der Waals surface area (Å²) in [6.45, 7) is 0. The summed E-state index contributed by atoms with van der Waals surface area (Å²) in [7, 11) is 0. The van der Waals surface area contributed by atoms with Crippen LogP contribution in [0, 0.1) is 17.6 Å². The minimum atomic E-state index is -4.65. The number of halogens is 6. The molecule has 0 saturated carbocycles. The highest BCUT2D eigenvalue weighted by molar-refractivity contribution is 5.63. The van der Waals surface area contributed by atoms with Gasteiger partial charge in [-0.1, -0.05) is 0 Å². The largest absolute Gasteiger partial charge is 0.420 e. The molecule has 4 N–H and O–H groups in total. The van der Waals surface area contributed by atoms with Gasteiger partial charge in [-0.25, -0.2) is 13.8 Å². The van der Waals surface area contributed by atoms with E-state index < -0.39 is 29.3 Å². The first-order valence-corrected chi connectivity index (χ1v) is 5.30. The summed E-state index contributed by atoms with van der Waals surface area (Å²) in [6.07, 6.45) is -3.69. The molecule has 0 unspecified atom stereocenters. The minimum Gasteiger partial charge on any atom is -0.397 e. The third kappa shape index (κ3) is 4.55. The van der Waals surface area contributed by atoms with E-state index in [1.54, 1.807) is 0 Å². The van der Waals surface area contributed by atoms with Crippen molar-refractivity contribution in [3.8, 4) is 0 Å². The molecule has 21 heavy (non-hydrogen) atoms. The van der Waals surface area contributed by atoms with E-state index >= 15 is 0 Å². The van der Waals surface area contributed by atoms with Crippen LogP contribution in [0.2, 0.25) is 0 Å². The topological polar surface area (TPSA) is 64.9 Å². The highest BCUT2D eigenvalue weighted by Crippen LogP contribution is 2.29. The second kappa shape index (κ2) is 6.33. The lowest BCUT2D eigenvalue weighted by atomic mass is 10.2. The average Bonchev–Trinajstić information content (AvgIpc) is 2.35. The van der Waals surface area contributed by atoms with E-state index in [0.29, 0.717) is 12.1 Å². The lowest BCUT2D eigenvalue weighted by Crippen LogP contribution is -2.08. The van der Waals surface area contributed by atoms with E-state index in [1.165, 1.54) is 0 Å². The van der Waals surface area contributed by atoms with Crippen LogP contribution in [0.25, 0.3) is 0 Å². The predicted octanol–water partition coefficient (Wildman–Crippen LogP) is 3.37. The third-order valence-electron chi connectivity index (χ3n) is 2.19. The minimum absolute atomic E-state index is 0.0718. The number of pyridine rings is 1. The molecule has 0 fully saturated rings. The van der Waals surface area contributed by atoms with Crippen LogP contribution < -0.4 is 11.5 Å². The summed E-state index contributed by atoms with van der Waals surface area (Å²) in [5, 5.41) is 0. The van der Waals surface area contributed by atoms with Gasteiger partial charge in [0, 0.05) is 12.3 Å². The van der Waals surface area contributed by atoms with Gasteiger partial charge in [-0.05, 0) is 18.2 Å². The predicted molar refractivity (Wildman–Crippen MR) is 64.4 cm³/mol. The van der Waals surface area contributed by atoms with E-state index in [4.69, 9.17) is 11.5 Å². The van der Waals surface area contributed by atoms with Crippen molar-refractivity contribution < 1.29 is 26.3 Å². The molecule has 0 saturated heterocycles. The lowest BCUT2D eigenvalue weighted by Gasteiger charge is -2.04. The van der Waals surface area contributed by atoms with Gasteiger partial charge < -0.3 is 11.5 Å². The summed E-state index contributed by atoms with van der Waals surface area (Å²) < 4.78 is 72.2. The first-order chi connectivity index (χ1) is 9.62. The summed E-state index contributed by atoms with van der Waals surface area (Å²) >= 11 is 0. The Morgan fingerprint density at radius 1 is 1.00 bits per heavy atom. The fourth-order valence-corrected chi connectivity index (χ4v) is 1.20. The Balaban J connectivity index is 0.000000211. The Hall–Kier alpha value is -2.45. The highest BCUT2D eigenvalue weighted by Gasteiger charge is 2.34. The number of aromatic nitrogens is 1. The Bertz CT molecular complexity index is 604. The quantitative estimate of drug-likeness (QED) is 0.445. The molecule has 0 aliphatic rings. The molecule has 0 radical (unpaired) electrons. The SMILES string of the molecule is Fc1ncccc1C(F)(F)F.Nc1cc(F)cc(F)c1N. The standard InChI is InChI=1S/C6H3F4N.C6H6F2N2/c7-5-4(6(8,9)10)2-1-3-11-5;7-3-1-4(8)6(10)5(9)2-3/h1-3H;1-2H,9-10H2. The van der Waals surface area contributed by atoms with E-state index in [2.05, 4.69) is 4.98 Å². The monoisotopic (exact) mass is 309 g/mol. The van der Waals surface area contributed by atoms with Crippen molar-refractivity contribution in [1.82, 2.24) is 4.98 Å². The van der Waals surface area contributed by atoms with Gasteiger partial charge in [0.1, 0.15) is 11.4 Å². The number of anilines is 2. The Labute approximate surface area is 115 Å². The van der Waals surface area contributed by atoms with Crippen molar-refractivity contribution >= 4 is 11.4 Å². The summed E-state index contributed by atoms with van der Waals surface area (Å²) in [4.78, 5) is 2.86. The maximum Gasteiger partial charge on any atom is 0.420 e. The molecule has 0 amide bonds. The fourth-order valence-electron chi connectivity index (χ4n) is 1.20. The van der Waals surface area contributed by atoms with Gasteiger partial charge in [0.05, 0.1) is 11.4 Å². The van der Waals surface area contributed by atoms with Gasteiger partial charge in [-0.3, -0.25) is 0 Å². The zero-order valence-electron chi connectivity index (χ0n) is 10.3. The van der Waals surface area contributed by atoms with E-state index in [0.717, 1.165) is 18.3 Å². The van der Waals surface area contributed by atoms with Crippen LogP contribution in [0.15, 0.2) is 30.5 Å². The first-order valence-electron chi connectivity index (χ1n) is 5.30. The van der Waals surface area contributed by atoms with Crippen molar-refractivity contribution in [2.45, 2.75) is 6.18 Å². The molecule has 0 bridgehead atoms. The number of nitrogens with two attached hydrogens (primary N) is 2. The Kier molecular flexibility index (Phi) is 5.01. The van der Waals surface area contributed by atoms with Crippen LogP contribution in [0.1, 0.15) is 5.56 Å². The normalized spacial score (nSPS) is 10.8. The van der Waals surface area contributed by atoms with Gasteiger partial charge in [0.15, 0.2) is 5.82 Å². The summed E-state index contributed by atoms with van der Waals surface area (Å²) in [6, 6.07) is 3.33. The molecule has 2 aromatic rings. The molecule has 114 valence electrons. The molecule has 0 aliphatic heterocycles.